The molecule has 2 N–H and O–H groups in total. The predicted molar refractivity (Wildman–Crippen MR) is 86.8 cm³/mol. The summed E-state index contributed by atoms with van der Waals surface area (Å²) in [6.45, 7) is 7.40. The number of phenolic OH excluding ortho intramolecular Hbond substituents is 1. The molecule has 1 aromatic carbocycles. The number of carbonyl (C=O) groups excluding carboxylic acids is 1. The molecular formula is C14H22Cl2N2O3. The van der Waals surface area contributed by atoms with E-state index in [4.69, 9.17) is 4.74 Å². The molecule has 21 heavy (non-hydrogen) atoms. The van der Waals surface area contributed by atoms with Crippen molar-refractivity contribution in [2.24, 2.45) is 0 Å². The van der Waals surface area contributed by atoms with Crippen molar-refractivity contribution in [3.63, 3.8) is 0 Å². The molecule has 1 heterocycles. The highest BCUT2D eigenvalue weighted by molar-refractivity contribution is 5.85. The second kappa shape index (κ2) is 9.10. The van der Waals surface area contributed by atoms with Crippen LogP contribution in [0.3, 0.4) is 0 Å². The van der Waals surface area contributed by atoms with Gasteiger partial charge >= 0.3 is 5.97 Å². The Bertz CT molecular complexity index is 466. The van der Waals surface area contributed by atoms with Gasteiger partial charge in [0, 0.05) is 39.1 Å². The van der Waals surface area contributed by atoms with Gasteiger partial charge in [-0.1, -0.05) is 6.07 Å². The highest BCUT2D eigenvalue weighted by Crippen LogP contribution is 2.31. The lowest BCUT2D eigenvalue weighted by Gasteiger charge is -2.33. The predicted octanol–water partition coefficient (Wildman–Crippen LogP) is 2.13. The Kier molecular flexibility index (Phi) is 8.66. The number of rotatable bonds is 3. The third-order valence-corrected chi connectivity index (χ3v) is 3.42. The van der Waals surface area contributed by atoms with Crippen molar-refractivity contribution in [3.8, 4) is 11.5 Å². The Hall–Kier alpha value is -1.01. The number of nitrogens with one attached hydrogen (secondary N) is 1. The van der Waals surface area contributed by atoms with E-state index in [0.717, 1.165) is 31.7 Å². The summed E-state index contributed by atoms with van der Waals surface area (Å²) in [7, 11) is 0. The van der Waals surface area contributed by atoms with Gasteiger partial charge in [0.15, 0.2) is 11.5 Å². The third kappa shape index (κ3) is 5.36. The zero-order valence-corrected chi connectivity index (χ0v) is 13.8. The minimum absolute atomic E-state index is 0. The summed E-state index contributed by atoms with van der Waals surface area (Å²) in [5.41, 5.74) is 1.02. The van der Waals surface area contributed by atoms with E-state index in [1.807, 2.05) is 6.07 Å². The van der Waals surface area contributed by atoms with Gasteiger partial charge in [0.25, 0.3) is 0 Å². The first-order valence-corrected chi connectivity index (χ1v) is 6.54. The molecule has 1 aliphatic heterocycles. The molecule has 1 atom stereocenters. The number of hydrogen-bond donors (Lipinski definition) is 2. The lowest BCUT2D eigenvalue weighted by molar-refractivity contribution is -0.132. The van der Waals surface area contributed by atoms with Gasteiger partial charge in [-0.15, -0.1) is 24.8 Å². The maximum atomic E-state index is 10.9. The molecule has 0 spiro atoms. The van der Waals surface area contributed by atoms with E-state index in [1.165, 1.54) is 6.92 Å². The number of benzene rings is 1. The molecule has 0 bridgehead atoms. The van der Waals surface area contributed by atoms with E-state index in [2.05, 4.69) is 17.1 Å². The van der Waals surface area contributed by atoms with Crippen molar-refractivity contribution < 1.29 is 14.6 Å². The number of ether oxygens (including phenoxy) is 1. The Morgan fingerprint density at radius 1 is 1.33 bits per heavy atom. The van der Waals surface area contributed by atoms with E-state index in [-0.39, 0.29) is 42.4 Å². The lowest BCUT2D eigenvalue weighted by atomic mass is 10.1. The highest BCUT2D eigenvalue weighted by Gasteiger charge is 2.19. The number of phenols is 1. The Labute approximate surface area is 137 Å². The van der Waals surface area contributed by atoms with Crippen molar-refractivity contribution in [1.29, 1.82) is 0 Å². The first-order valence-electron chi connectivity index (χ1n) is 6.54. The lowest BCUT2D eigenvalue weighted by Crippen LogP contribution is -2.44. The van der Waals surface area contributed by atoms with Gasteiger partial charge in [0.05, 0.1) is 0 Å². The van der Waals surface area contributed by atoms with Crippen LogP contribution in [-0.4, -0.2) is 42.2 Å². The molecule has 2 rings (SSSR count). The van der Waals surface area contributed by atoms with Crippen molar-refractivity contribution in [1.82, 2.24) is 10.2 Å². The van der Waals surface area contributed by atoms with Crippen LogP contribution >= 0.6 is 24.8 Å². The minimum atomic E-state index is -0.432. The van der Waals surface area contributed by atoms with Crippen LogP contribution in [0.25, 0.3) is 0 Å². The number of nitrogens with zero attached hydrogens (tertiary/aromatic N) is 1. The molecule has 1 saturated heterocycles. The molecular weight excluding hydrogens is 315 g/mol. The van der Waals surface area contributed by atoms with Crippen molar-refractivity contribution in [2.75, 3.05) is 26.2 Å². The second-order valence-corrected chi connectivity index (χ2v) is 4.78. The summed E-state index contributed by atoms with van der Waals surface area (Å²) in [6.07, 6.45) is 0. The number of aromatic hydroxyl groups is 1. The summed E-state index contributed by atoms with van der Waals surface area (Å²) in [5, 5.41) is 13.2. The number of hydrogen-bond acceptors (Lipinski definition) is 5. The van der Waals surface area contributed by atoms with Crippen LogP contribution in [0.15, 0.2) is 18.2 Å². The molecule has 1 aromatic rings. The van der Waals surface area contributed by atoms with Crippen LogP contribution in [0.5, 0.6) is 11.5 Å². The van der Waals surface area contributed by atoms with E-state index in [9.17, 15) is 9.90 Å². The van der Waals surface area contributed by atoms with E-state index in [0.29, 0.717) is 0 Å². The summed E-state index contributed by atoms with van der Waals surface area (Å²) in [5.74, 6) is -0.211. The normalized spacial score (nSPS) is 16.3. The van der Waals surface area contributed by atoms with Crippen LogP contribution < -0.4 is 10.1 Å². The van der Waals surface area contributed by atoms with E-state index in [1.54, 1.807) is 12.1 Å². The average Bonchev–Trinajstić information content (AvgIpc) is 2.41. The maximum absolute atomic E-state index is 10.9. The molecule has 120 valence electrons. The van der Waals surface area contributed by atoms with Crippen LogP contribution in [0.4, 0.5) is 0 Å². The first kappa shape index (κ1) is 20.0. The van der Waals surface area contributed by atoms with Gasteiger partial charge in [-0.05, 0) is 24.6 Å². The summed E-state index contributed by atoms with van der Waals surface area (Å²) >= 11 is 0. The van der Waals surface area contributed by atoms with Crippen LogP contribution in [0, 0.1) is 0 Å². The van der Waals surface area contributed by atoms with Crippen LogP contribution in [-0.2, 0) is 4.79 Å². The molecule has 5 nitrogen and oxygen atoms in total. The number of piperazine rings is 1. The zero-order valence-electron chi connectivity index (χ0n) is 12.2. The molecule has 0 unspecified atom stereocenters. The minimum Gasteiger partial charge on any atom is -0.504 e. The Balaban J connectivity index is 0.00000200. The largest absolute Gasteiger partial charge is 0.504 e. The molecule has 1 aliphatic rings. The maximum Gasteiger partial charge on any atom is 0.308 e. The first-order chi connectivity index (χ1) is 9.08. The molecule has 0 amide bonds. The molecule has 7 heteroatoms. The van der Waals surface area contributed by atoms with Gasteiger partial charge < -0.3 is 15.2 Å². The van der Waals surface area contributed by atoms with Crippen molar-refractivity contribution in [3.05, 3.63) is 23.8 Å². The SMILES string of the molecule is CC(=O)Oc1ccc([C@H](C)N2CCNCC2)cc1O.Cl.Cl. The van der Waals surface area contributed by atoms with E-state index >= 15 is 0 Å². The fraction of sp³-hybridized carbons (Fsp3) is 0.500. The van der Waals surface area contributed by atoms with Crippen molar-refractivity contribution >= 4 is 30.8 Å². The Morgan fingerprint density at radius 2 is 1.95 bits per heavy atom. The number of carbonyl (C=O) groups is 1. The molecule has 1 fully saturated rings. The van der Waals surface area contributed by atoms with Gasteiger partial charge in [0.2, 0.25) is 0 Å². The Morgan fingerprint density at radius 3 is 2.48 bits per heavy atom. The van der Waals surface area contributed by atoms with Gasteiger partial charge in [0.1, 0.15) is 0 Å². The summed E-state index contributed by atoms with van der Waals surface area (Å²) in [4.78, 5) is 13.2. The smallest absolute Gasteiger partial charge is 0.308 e. The molecule has 0 aromatic heterocycles. The van der Waals surface area contributed by atoms with Crippen molar-refractivity contribution in [2.45, 2.75) is 19.9 Å². The fourth-order valence-corrected chi connectivity index (χ4v) is 2.32. The van der Waals surface area contributed by atoms with Gasteiger partial charge in [-0.2, -0.15) is 0 Å². The zero-order chi connectivity index (χ0) is 13.8. The number of halogens is 2. The van der Waals surface area contributed by atoms with E-state index < -0.39 is 5.97 Å². The van der Waals surface area contributed by atoms with Crippen LogP contribution in [0.2, 0.25) is 0 Å². The summed E-state index contributed by atoms with van der Waals surface area (Å²) < 4.78 is 4.91. The monoisotopic (exact) mass is 336 g/mol. The standard InChI is InChI=1S/C14H20N2O3.2ClH/c1-10(16-7-5-15-6-8-16)12-3-4-14(13(18)9-12)19-11(2)17;;/h3-4,9-10,15,18H,5-8H2,1-2H3;2*1H/t10-;;/m0../s1. The molecule has 0 saturated carbocycles. The fourth-order valence-electron chi connectivity index (χ4n) is 2.32. The summed E-state index contributed by atoms with van der Waals surface area (Å²) in [6, 6.07) is 5.44. The van der Waals surface area contributed by atoms with Gasteiger partial charge in [-0.3, -0.25) is 9.69 Å². The van der Waals surface area contributed by atoms with Gasteiger partial charge in [-0.25, -0.2) is 0 Å². The molecule has 0 aliphatic carbocycles. The highest BCUT2D eigenvalue weighted by atomic mass is 35.5. The quantitative estimate of drug-likeness (QED) is 0.654. The topological polar surface area (TPSA) is 61.8 Å². The van der Waals surface area contributed by atoms with Crippen LogP contribution in [0.1, 0.15) is 25.5 Å². The average molecular weight is 337 g/mol. The number of esters is 1. The second-order valence-electron chi connectivity index (χ2n) is 4.78. The molecule has 0 radical (unpaired) electrons. The third-order valence-electron chi connectivity index (χ3n) is 3.42.